The molecule has 84 valence electrons. The number of carbonyl (C=O) groups is 1. The Kier molecular flexibility index (Phi) is 8.57. The molecule has 0 fully saturated rings. The quantitative estimate of drug-likeness (QED) is 0.356. The molecule has 1 N–H and O–H groups in total. The maximum absolute atomic E-state index is 10.7. The van der Waals surface area contributed by atoms with Gasteiger partial charge in [-0.3, -0.25) is 0 Å². The highest BCUT2D eigenvalue weighted by Crippen LogP contribution is 2.06. The molecule has 0 aromatic rings. The van der Waals surface area contributed by atoms with E-state index in [1.807, 2.05) is 13.8 Å². The zero-order valence-electron chi connectivity index (χ0n) is 8.99. The normalized spacial score (nSPS) is 12.7. The molecule has 0 bridgehead atoms. The summed E-state index contributed by atoms with van der Waals surface area (Å²) in [6.07, 6.45) is 3.40. The van der Waals surface area contributed by atoms with Crippen LogP contribution in [-0.4, -0.2) is 23.8 Å². The number of hydrogen-bond donors (Lipinski definition) is 1. The number of rotatable bonds is 9. The fourth-order valence-electron chi connectivity index (χ4n) is 0.936. The summed E-state index contributed by atoms with van der Waals surface area (Å²) in [6, 6.07) is 0. The van der Waals surface area contributed by atoms with Crippen LogP contribution in [-0.2, 0) is 14.6 Å². The summed E-state index contributed by atoms with van der Waals surface area (Å²) >= 11 is 0. The Balaban J connectivity index is 3.57. The number of carboxylic acid groups (broad SMARTS) is 1. The minimum absolute atomic E-state index is 0.465. The van der Waals surface area contributed by atoms with Gasteiger partial charge in [0.25, 0.3) is 0 Å². The minimum Gasteiger partial charge on any atom is -0.479 e. The van der Waals surface area contributed by atoms with E-state index in [0.29, 0.717) is 13.0 Å². The van der Waals surface area contributed by atoms with Gasteiger partial charge in [-0.2, -0.15) is 0 Å². The minimum atomic E-state index is -0.949. The van der Waals surface area contributed by atoms with Crippen LogP contribution in [0.3, 0.4) is 0 Å². The molecule has 4 heteroatoms. The van der Waals surface area contributed by atoms with Crippen LogP contribution in [0.4, 0.5) is 0 Å². The largest absolute Gasteiger partial charge is 0.479 e. The zero-order valence-corrected chi connectivity index (χ0v) is 8.99. The number of carboxylic acids is 1. The van der Waals surface area contributed by atoms with Crippen molar-refractivity contribution in [1.82, 2.24) is 0 Å². The Morgan fingerprint density at radius 2 is 1.93 bits per heavy atom. The van der Waals surface area contributed by atoms with E-state index in [4.69, 9.17) is 14.9 Å². The second-order valence-electron chi connectivity index (χ2n) is 3.24. The first-order valence-corrected chi connectivity index (χ1v) is 5.23. The van der Waals surface area contributed by atoms with Gasteiger partial charge in [-0.15, -0.1) is 0 Å². The molecule has 1 unspecified atom stereocenters. The highest BCUT2D eigenvalue weighted by atomic mass is 17.2. The van der Waals surface area contributed by atoms with Gasteiger partial charge in [0.1, 0.15) is 0 Å². The van der Waals surface area contributed by atoms with Crippen molar-refractivity contribution in [2.75, 3.05) is 6.61 Å². The van der Waals surface area contributed by atoms with Crippen molar-refractivity contribution in [2.45, 2.75) is 52.1 Å². The van der Waals surface area contributed by atoms with E-state index in [2.05, 4.69) is 0 Å². The maximum atomic E-state index is 10.7. The smallest absolute Gasteiger partial charge is 0.336 e. The highest BCUT2D eigenvalue weighted by Gasteiger charge is 2.18. The van der Waals surface area contributed by atoms with Gasteiger partial charge in [0.15, 0.2) is 6.10 Å². The van der Waals surface area contributed by atoms with Crippen molar-refractivity contribution in [3.63, 3.8) is 0 Å². The van der Waals surface area contributed by atoms with Crippen molar-refractivity contribution in [3.05, 3.63) is 0 Å². The van der Waals surface area contributed by atoms with Gasteiger partial charge in [0.05, 0.1) is 6.61 Å². The van der Waals surface area contributed by atoms with Gasteiger partial charge >= 0.3 is 5.97 Å². The Morgan fingerprint density at radius 1 is 1.29 bits per heavy atom. The van der Waals surface area contributed by atoms with Crippen molar-refractivity contribution in [3.8, 4) is 0 Å². The molecule has 0 aliphatic heterocycles. The van der Waals surface area contributed by atoms with Gasteiger partial charge in [0, 0.05) is 0 Å². The molecule has 0 aromatic heterocycles. The van der Waals surface area contributed by atoms with Crippen molar-refractivity contribution < 1.29 is 19.7 Å². The Hall–Kier alpha value is -0.610. The second-order valence-corrected chi connectivity index (χ2v) is 3.24. The second kappa shape index (κ2) is 8.97. The standard InChI is InChI=1S/C10H20O4/c1-3-5-7-9(10(11)12)14-13-8-6-4-2/h9H,3-8H2,1-2H3,(H,11,12). The number of aliphatic carboxylic acids is 1. The van der Waals surface area contributed by atoms with Crippen molar-refractivity contribution in [1.29, 1.82) is 0 Å². The molecule has 1 atom stereocenters. The van der Waals surface area contributed by atoms with Crippen molar-refractivity contribution in [2.24, 2.45) is 0 Å². The van der Waals surface area contributed by atoms with Crippen molar-refractivity contribution >= 4 is 5.97 Å². The van der Waals surface area contributed by atoms with E-state index >= 15 is 0 Å². The number of unbranched alkanes of at least 4 members (excludes halogenated alkanes) is 2. The third kappa shape index (κ3) is 6.86. The van der Waals surface area contributed by atoms with E-state index in [0.717, 1.165) is 25.7 Å². The van der Waals surface area contributed by atoms with Crippen LogP contribution in [0.1, 0.15) is 46.0 Å². The predicted octanol–water partition coefficient (Wildman–Crippen LogP) is 2.38. The Labute approximate surface area is 85.1 Å². The molecule has 0 rings (SSSR count). The van der Waals surface area contributed by atoms with Crippen LogP contribution >= 0.6 is 0 Å². The molecular formula is C10H20O4. The Bertz CT molecular complexity index is 147. The van der Waals surface area contributed by atoms with Crippen LogP contribution in [0, 0.1) is 0 Å². The highest BCUT2D eigenvalue weighted by molar-refractivity contribution is 5.72. The molecule has 0 aliphatic carbocycles. The molecule has 0 radical (unpaired) electrons. The predicted molar refractivity (Wildman–Crippen MR) is 52.9 cm³/mol. The van der Waals surface area contributed by atoms with Gasteiger partial charge in [-0.25, -0.2) is 14.6 Å². The first kappa shape index (κ1) is 13.4. The van der Waals surface area contributed by atoms with Crippen LogP contribution in [0.2, 0.25) is 0 Å². The van der Waals surface area contributed by atoms with E-state index in [1.165, 1.54) is 0 Å². The molecule has 0 aromatic carbocycles. The van der Waals surface area contributed by atoms with Gasteiger partial charge in [-0.1, -0.05) is 33.1 Å². The molecule has 0 heterocycles. The summed E-state index contributed by atoms with van der Waals surface area (Å²) in [5.41, 5.74) is 0. The lowest BCUT2D eigenvalue weighted by molar-refractivity contribution is -0.321. The SMILES string of the molecule is CCCCOOC(CCCC)C(=O)O. The molecule has 4 nitrogen and oxygen atoms in total. The Morgan fingerprint density at radius 3 is 2.43 bits per heavy atom. The summed E-state index contributed by atoms with van der Waals surface area (Å²) < 4.78 is 0. The number of hydrogen-bond acceptors (Lipinski definition) is 3. The van der Waals surface area contributed by atoms with E-state index < -0.39 is 12.1 Å². The van der Waals surface area contributed by atoms with Crippen LogP contribution in [0.15, 0.2) is 0 Å². The lowest BCUT2D eigenvalue weighted by Crippen LogP contribution is -2.24. The average Bonchev–Trinajstić information content (AvgIpc) is 2.16. The first-order valence-electron chi connectivity index (χ1n) is 5.23. The molecule has 0 amide bonds. The third-order valence-corrected chi connectivity index (χ3v) is 1.86. The van der Waals surface area contributed by atoms with E-state index in [1.54, 1.807) is 0 Å². The monoisotopic (exact) mass is 204 g/mol. The van der Waals surface area contributed by atoms with E-state index in [-0.39, 0.29) is 0 Å². The molecule has 0 spiro atoms. The summed E-state index contributed by atoms with van der Waals surface area (Å²) in [5, 5.41) is 8.75. The van der Waals surface area contributed by atoms with E-state index in [9.17, 15) is 4.79 Å². The lowest BCUT2D eigenvalue weighted by Gasteiger charge is -2.11. The third-order valence-electron chi connectivity index (χ3n) is 1.86. The molecule has 0 saturated heterocycles. The lowest BCUT2D eigenvalue weighted by atomic mass is 10.2. The van der Waals surface area contributed by atoms with Crippen LogP contribution in [0.5, 0.6) is 0 Å². The molecule has 0 saturated carbocycles. The maximum Gasteiger partial charge on any atom is 0.336 e. The molecule has 0 aliphatic rings. The van der Waals surface area contributed by atoms with Gasteiger partial charge < -0.3 is 5.11 Å². The summed E-state index contributed by atoms with van der Waals surface area (Å²) in [7, 11) is 0. The summed E-state index contributed by atoms with van der Waals surface area (Å²) in [4.78, 5) is 20.3. The molecular weight excluding hydrogens is 184 g/mol. The first-order chi connectivity index (χ1) is 6.72. The topological polar surface area (TPSA) is 55.8 Å². The van der Waals surface area contributed by atoms with Gasteiger partial charge in [0.2, 0.25) is 0 Å². The summed E-state index contributed by atoms with van der Waals surface area (Å²) in [5.74, 6) is -0.949. The summed E-state index contributed by atoms with van der Waals surface area (Å²) in [6.45, 7) is 4.51. The van der Waals surface area contributed by atoms with Crippen LogP contribution < -0.4 is 0 Å². The molecule has 14 heavy (non-hydrogen) atoms. The fraction of sp³-hybridized carbons (Fsp3) is 0.900. The average molecular weight is 204 g/mol. The fourth-order valence-corrected chi connectivity index (χ4v) is 0.936. The van der Waals surface area contributed by atoms with Crippen LogP contribution in [0.25, 0.3) is 0 Å². The zero-order chi connectivity index (χ0) is 10.8. The van der Waals surface area contributed by atoms with Gasteiger partial charge in [-0.05, 0) is 12.8 Å².